The van der Waals surface area contributed by atoms with E-state index in [4.69, 9.17) is 9.97 Å². The molecule has 0 unspecified atom stereocenters. The second-order valence-electron chi connectivity index (χ2n) is 12.8. The number of pyridine rings is 2. The summed E-state index contributed by atoms with van der Waals surface area (Å²) in [5.74, 6) is -0.233. The number of hydrogen-bond acceptors (Lipinski definition) is 7. The highest BCUT2D eigenvalue weighted by molar-refractivity contribution is 6.02. The van der Waals surface area contributed by atoms with E-state index in [0.29, 0.717) is 18.5 Å². The molecule has 2 saturated heterocycles. The van der Waals surface area contributed by atoms with Crippen LogP contribution in [0.3, 0.4) is 0 Å². The molecule has 0 bridgehead atoms. The van der Waals surface area contributed by atoms with E-state index >= 15 is 0 Å². The molecule has 3 aliphatic rings. The first kappa shape index (κ1) is 27.0. The Hall–Kier alpha value is -3.20. The fraction of sp³-hybridized carbons (Fsp3) is 0.548. The van der Waals surface area contributed by atoms with Crippen molar-refractivity contribution in [2.24, 2.45) is 5.41 Å². The van der Waals surface area contributed by atoms with Gasteiger partial charge in [0.25, 0.3) is 5.92 Å². The van der Waals surface area contributed by atoms with Crippen LogP contribution in [-0.4, -0.2) is 59.3 Å². The summed E-state index contributed by atoms with van der Waals surface area (Å²) in [6.07, 6.45) is 6.58. The molecule has 7 nitrogen and oxygen atoms in total. The number of nitrogens with one attached hydrogen (secondary N) is 2. The van der Waals surface area contributed by atoms with Gasteiger partial charge in [-0.1, -0.05) is 0 Å². The Morgan fingerprint density at radius 2 is 1.65 bits per heavy atom. The molecule has 2 aromatic heterocycles. The van der Waals surface area contributed by atoms with Gasteiger partial charge in [-0.05, 0) is 93.2 Å². The fourth-order valence-corrected chi connectivity index (χ4v) is 6.07. The SMILES string of the molecule is Cc1cc(Nc2nccc3cc(NC(C)(C)CO)nc(N4CCC5(CC4)CC5)c23)cc(N2CCC(F)(F)CC2)c1. The molecule has 1 saturated carbocycles. The lowest BCUT2D eigenvalue weighted by atomic mass is 9.93. The normalized spacial score (nSPS) is 20.1. The quantitative estimate of drug-likeness (QED) is 0.311. The molecule has 40 heavy (non-hydrogen) atoms. The number of aliphatic hydroxyl groups is 1. The van der Waals surface area contributed by atoms with Gasteiger partial charge in [-0.3, -0.25) is 0 Å². The van der Waals surface area contributed by atoms with E-state index in [-0.39, 0.29) is 19.4 Å². The molecule has 1 aliphatic carbocycles. The van der Waals surface area contributed by atoms with Crippen LogP contribution in [-0.2, 0) is 0 Å². The minimum Gasteiger partial charge on any atom is -0.394 e. The van der Waals surface area contributed by atoms with E-state index in [1.165, 1.54) is 25.7 Å². The first-order valence-electron chi connectivity index (χ1n) is 14.5. The number of piperidine rings is 2. The maximum atomic E-state index is 13.8. The van der Waals surface area contributed by atoms with Gasteiger partial charge >= 0.3 is 0 Å². The molecule has 0 amide bonds. The van der Waals surface area contributed by atoms with Crippen LogP contribution in [0.2, 0.25) is 0 Å². The third-order valence-corrected chi connectivity index (χ3v) is 8.85. The van der Waals surface area contributed by atoms with Crippen molar-refractivity contribution in [3.63, 3.8) is 0 Å². The predicted molar refractivity (Wildman–Crippen MR) is 158 cm³/mol. The minimum absolute atomic E-state index is 0.0121. The zero-order valence-corrected chi connectivity index (χ0v) is 23.7. The summed E-state index contributed by atoms with van der Waals surface area (Å²) in [6.45, 7) is 8.51. The number of aliphatic hydroxyl groups excluding tert-OH is 1. The van der Waals surface area contributed by atoms with Gasteiger partial charge in [-0.2, -0.15) is 0 Å². The lowest BCUT2D eigenvalue weighted by molar-refractivity contribution is -0.0220. The second-order valence-corrected chi connectivity index (χ2v) is 12.8. The Bertz CT molecular complexity index is 1390. The van der Waals surface area contributed by atoms with Crippen LogP contribution in [0.25, 0.3) is 10.8 Å². The summed E-state index contributed by atoms with van der Waals surface area (Å²) in [5, 5.41) is 18.8. The van der Waals surface area contributed by atoms with Crippen LogP contribution >= 0.6 is 0 Å². The van der Waals surface area contributed by atoms with Crippen molar-refractivity contribution in [3.05, 3.63) is 42.1 Å². The molecule has 0 atom stereocenters. The Balaban J connectivity index is 1.36. The highest BCUT2D eigenvalue weighted by Gasteiger charge is 2.45. The van der Waals surface area contributed by atoms with E-state index in [9.17, 15) is 13.9 Å². The number of halogens is 2. The predicted octanol–water partition coefficient (Wildman–Crippen LogP) is 6.48. The highest BCUT2D eigenvalue weighted by atomic mass is 19.3. The maximum Gasteiger partial charge on any atom is 0.251 e. The summed E-state index contributed by atoms with van der Waals surface area (Å²) < 4.78 is 27.6. The van der Waals surface area contributed by atoms with Crippen molar-refractivity contribution in [2.45, 2.75) is 70.8 Å². The third kappa shape index (κ3) is 5.66. The summed E-state index contributed by atoms with van der Waals surface area (Å²) in [5.41, 5.74) is 2.90. The van der Waals surface area contributed by atoms with E-state index in [1.54, 1.807) is 6.20 Å². The average molecular weight is 551 g/mol. The summed E-state index contributed by atoms with van der Waals surface area (Å²) in [6, 6.07) is 10.2. The molecule has 4 heterocycles. The lowest BCUT2D eigenvalue weighted by Gasteiger charge is -2.34. The van der Waals surface area contributed by atoms with Gasteiger partial charge in [0.15, 0.2) is 0 Å². The Kier molecular flexibility index (Phi) is 6.76. The van der Waals surface area contributed by atoms with Crippen molar-refractivity contribution in [1.29, 1.82) is 0 Å². The van der Waals surface area contributed by atoms with E-state index < -0.39 is 11.5 Å². The van der Waals surface area contributed by atoms with Gasteiger partial charge in [0.1, 0.15) is 17.5 Å². The standard InChI is InChI=1S/C31H40F2N6O/c1-21-16-23(19-24(17-21)38-14-9-31(32,33)10-15-38)35-27-26-22(4-11-34-27)18-25(37-29(2,3)20-40)36-28(26)39-12-7-30(5-6-30)8-13-39/h4,11,16-19,40H,5-10,12-15,20H2,1-3H3,(H,34,35)(H,36,37). The second kappa shape index (κ2) is 10.0. The van der Waals surface area contributed by atoms with Crippen LogP contribution in [0.1, 0.15) is 57.9 Å². The highest BCUT2D eigenvalue weighted by Crippen LogP contribution is 2.54. The number of anilines is 5. The molecule has 3 aromatic rings. The van der Waals surface area contributed by atoms with E-state index in [0.717, 1.165) is 58.3 Å². The van der Waals surface area contributed by atoms with Crippen LogP contribution < -0.4 is 20.4 Å². The minimum atomic E-state index is -2.58. The fourth-order valence-electron chi connectivity index (χ4n) is 6.07. The molecule has 2 aliphatic heterocycles. The molecule has 9 heteroatoms. The van der Waals surface area contributed by atoms with Crippen LogP contribution in [0.15, 0.2) is 36.5 Å². The first-order valence-corrected chi connectivity index (χ1v) is 14.5. The average Bonchev–Trinajstić information content (AvgIpc) is 3.66. The summed E-state index contributed by atoms with van der Waals surface area (Å²) in [4.78, 5) is 14.3. The zero-order valence-electron chi connectivity index (χ0n) is 23.7. The van der Waals surface area contributed by atoms with Gasteiger partial charge in [-0.25, -0.2) is 18.7 Å². The number of alkyl halides is 2. The number of rotatable bonds is 7. The van der Waals surface area contributed by atoms with Crippen LogP contribution in [0.5, 0.6) is 0 Å². The number of fused-ring (bicyclic) bond motifs is 1. The number of benzene rings is 1. The molecule has 0 radical (unpaired) electrons. The first-order chi connectivity index (χ1) is 19.0. The van der Waals surface area contributed by atoms with Gasteiger partial charge in [-0.15, -0.1) is 0 Å². The molecule has 1 spiro atoms. The zero-order chi connectivity index (χ0) is 28.1. The molecule has 6 rings (SSSR count). The van der Waals surface area contributed by atoms with Crippen molar-refractivity contribution in [1.82, 2.24) is 9.97 Å². The van der Waals surface area contributed by atoms with Crippen LogP contribution in [0.4, 0.5) is 37.6 Å². The molecular weight excluding hydrogens is 510 g/mol. The van der Waals surface area contributed by atoms with Crippen LogP contribution in [0, 0.1) is 12.3 Å². The third-order valence-electron chi connectivity index (χ3n) is 8.85. The van der Waals surface area contributed by atoms with Crippen molar-refractivity contribution < 1.29 is 13.9 Å². The van der Waals surface area contributed by atoms with Crippen molar-refractivity contribution in [2.75, 3.05) is 53.2 Å². The number of nitrogens with zero attached hydrogens (tertiary/aromatic N) is 4. The molecule has 214 valence electrons. The Morgan fingerprint density at radius 1 is 0.950 bits per heavy atom. The molecule has 1 aromatic carbocycles. The topological polar surface area (TPSA) is 76.5 Å². The smallest absolute Gasteiger partial charge is 0.251 e. The van der Waals surface area contributed by atoms with Gasteiger partial charge in [0, 0.05) is 56.6 Å². The number of aryl methyl sites for hydroxylation is 1. The lowest BCUT2D eigenvalue weighted by Crippen LogP contribution is -2.39. The number of aromatic nitrogens is 2. The Morgan fingerprint density at radius 3 is 2.33 bits per heavy atom. The van der Waals surface area contributed by atoms with Gasteiger partial charge in [0.05, 0.1) is 17.5 Å². The van der Waals surface area contributed by atoms with Crippen molar-refractivity contribution in [3.8, 4) is 0 Å². The van der Waals surface area contributed by atoms with Gasteiger partial charge < -0.3 is 25.5 Å². The van der Waals surface area contributed by atoms with E-state index in [2.05, 4.69) is 27.7 Å². The summed E-state index contributed by atoms with van der Waals surface area (Å²) in [7, 11) is 0. The van der Waals surface area contributed by atoms with Crippen molar-refractivity contribution >= 4 is 39.6 Å². The maximum absolute atomic E-state index is 13.8. The number of hydrogen-bond donors (Lipinski definition) is 3. The largest absolute Gasteiger partial charge is 0.394 e. The summed E-state index contributed by atoms with van der Waals surface area (Å²) >= 11 is 0. The van der Waals surface area contributed by atoms with E-state index in [1.807, 2.05) is 43.9 Å². The molecule has 3 fully saturated rings. The monoisotopic (exact) mass is 550 g/mol. The van der Waals surface area contributed by atoms with Gasteiger partial charge in [0.2, 0.25) is 0 Å². The molecular formula is C31H40F2N6O. The Labute approximate surface area is 235 Å². The molecule has 3 N–H and O–H groups in total.